The maximum atomic E-state index is 13.2. The van der Waals surface area contributed by atoms with Gasteiger partial charge in [0.25, 0.3) is 11.1 Å². The lowest BCUT2D eigenvalue weighted by atomic mass is 10.1. The summed E-state index contributed by atoms with van der Waals surface area (Å²) >= 11 is 0. The fraction of sp³-hybridized carbons (Fsp3) is 0.115. The zero-order valence-corrected chi connectivity index (χ0v) is 17.6. The molecule has 6 heteroatoms. The van der Waals surface area contributed by atoms with Gasteiger partial charge in [-0.3, -0.25) is 9.59 Å². The average Bonchev–Trinajstić information content (AvgIpc) is 2.83. The van der Waals surface area contributed by atoms with Crippen LogP contribution in [0.15, 0.2) is 94.8 Å². The van der Waals surface area contributed by atoms with Crippen LogP contribution in [0.4, 0.5) is 0 Å². The van der Waals surface area contributed by atoms with Crippen LogP contribution in [0, 0.1) is 0 Å². The third-order valence-corrected chi connectivity index (χ3v) is 5.62. The van der Waals surface area contributed by atoms with E-state index in [9.17, 15) is 9.59 Å². The first-order chi connectivity index (χ1) is 15.6. The zero-order valence-electron chi connectivity index (χ0n) is 17.6. The summed E-state index contributed by atoms with van der Waals surface area (Å²) in [6.45, 7) is 0.824. The van der Waals surface area contributed by atoms with Crippen LogP contribution < -0.4 is 15.9 Å². The first-order valence-electron chi connectivity index (χ1n) is 10.3. The predicted octanol–water partition coefficient (Wildman–Crippen LogP) is 3.82. The molecule has 5 aromatic rings. The number of aromatic nitrogens is 3. The van der Waals surface area contributed by atoms with Gasteiger partial charge >= 0.3 is 0 Å². The van der Waals surface area contributed by atoms with Crippen molar-refractivity contribution in [2.24, 2.45) is 0 Å². The van der Waals surface area contributed by atoms with Crippen molar-refractivity contribution >= 4 is 21.8 Å². The lowest BCUT2D eigenvalue weighted by Gasteiger charge is -2.11. The molecule has 0 radical (unpaired) electrons. The van der Waals surface area contributed by atoms with Gasteiger partial charge in [0.05, 0.1) is 42.0 Å². The molecule has 158 valence electrons. The Balaban J connectivity index is 1.61. The third-order valence-electron chi connectivity index (χ3n) is 5.62. The van der Waals surface area contributed by atoms with Crippen molar-refractivity contribution in [1.29, 1.82) is 0 Å². The Morgan fingerprint density at radius 1 is 0.750 bits per heavy atom. The van der Waals surface area contributed by atoms with Crippen LogP contribution in [-0.4, -0.2) is 21.2 Å². The van der Waals surface area contributed by atoms with Crippen molar-refractivity contribution in [2.75, 3.05) is 7.11 Å². The van der Waals surface area contributed by atoms with Crippen molar-refractivity contribution in [1.82, 2.24) is 14.1 Å². The Hall–Kier alpha value is -4.19. The molecule has 2 aromatic carbocycles. The van der Waals surface area contributed by atoms with Crippen molar-refractivity contribution in [3.05, 3.63) is 117 Å². The van der Waals surface area contributed by atoms with Crippen LogP contribution in [0.25, 0.3) is 21.8 Å². The summed E-state index contributed by atoms with van der Waals surface area (Å²) in [6, 6.07) is 22.7. The van der Waals surface area contributed by atoms with Crippen molar-refractivity contribution in [2.45, 2.75) is 13.1 Å². The molecule has 0 atom stereocenters. The third kappa shape index (κ3) is 3.56. The molecule has 32 heavy (non-hydrogen) atoms. The Labute approximate surface area is 184 Å². The molecule has 5 rings (SSSR count). The van der Waals surface area contributed by atoms with Crippen LogP contribution in [-0.2, 0) is 13.1 Å². The monoisotopic (exact) mass is 423 g/mol. The second-order valence-corrected chi connectivity index (χ2v) is 7.65. The van der Waals surface area contributed by atoms with E-state index in [0.717, 1.165) is 16.9 Å². The summed E-state index contributed by atoms with van der Waals surface area (Å²) in [4.78, 5) is 31.0. The number of fused-ring (bicyclic) bond motifs is 2. The molecule has 0 N–H and O–H groups in total. The Morgan fingerprint density at radius 3 is 2.00 bits per heavy atom. The van der Waals surface area contributed by atoms with Gasteiger partial charge in [-0.25, -0.2) is 4.98 Å². The van der Waals surface area contributed by atoms with Crippen LogP contribution in [0.3, 0.4) is 0 Å². The van der Waals surface area contributed by atoms with E-state index in [2.05, 4.69) is 4.98 Å². The average molecular weight is 423 g/mol. The number of para-hydroxylation sites is 1. The van der Waals surface area contributed by atoms with E-state index in [0.29, 0.717) is 34.9 Å². The maximum Gasteiger partial charge on any atom is 0.260 e. The summed E-state index contributed by atoms with van der Waals surface area (Å²) in [5.41, 5.74) is 2.71. The van der Waals surface area contributed by atoms with Crippen molar-refractivity contribution in [3.8, 4) is 5.75 Å². The van der Waals surface area contributed by atoms with Gasteiger partial charge in [-0.2, -0.15) is 0 Å². The smallest absolute Gasteiger partial charge is 0.260 e. The normalized spacial score (nSPS) is 11.2. The van der Waals surface area contributed by atoms with E-state index in [1.165, 1.54) is 0 Å². The molecule has 3 heterocycles. The van der Waals surface area contributed by atoms with Gasteiger partial charge in [-0.15, -0.1) is 0 Å². The fourth-order valence-electron chi connectivity index (χ4n) is 3.95. The molecule has 3 aromatic heterocycles. The second kappa shape index (κ2) is 8.15. The highest BCUT2D eigenvalue weighted by atomic mass is 16.5. The minimum absolute atomic E-state index is 0.166. The summed E-state index contributed by atoms with van der Waals surface area (Å²) in [5.74, 6) is 0.722. The van der Waals surface area contributed by atoms with E-state index in [1.54, 1.807) is 40.8 Å². The largest absolute Gasteiger partial charge is 0.496 e. The number of hydrogen-bond donors (Lipinski definition) is 0. The van der Waals surface area contributed by atoms with Crippen LogP contribution in [0.5, 0.6) is 5.75 Å². The highest BCUT2D eigenvalue weighted by molar-refractivity contribution is 5.91. The molecule has 0 saturated carbocycles. The maximum absolute atomic E-state index is 13.2. The molecule has 0 unspecified atom stereocenters. The SMILES string of the molecule is COc1ccccc1Cn1ccc2nc3ccn(Cc4ccccc4)c(=O)c3cc2c1=O. The van der Waals surface area contributed by atoms with E-state index >= 15 is 0 Å². The zero-order chi connectivity index (χ0) is 22.1. The van der Waals surface area contributed by atoms with Crippen LogP contribution in [0.2, 0.25) is 0 Å². The Kier molecular flexibility index (Phi) is 5.03. The molecule has 0 aliphatic carbocycles. The number of pyridine rings is 3. The lowest BCUT2D eigenvalue weighted by Crippen LogP contribution is -2.23. The molecule has 0 aliphatic heterocycles. The highest BCUT2D eigenvalue weighted by Crippen LogP contribution is 2.19. The van der Waals surface area contributed by atoms with Crippen LogP contribution in [0.1, 0.15) is 11.1 Å². The van der Waals surface area contributed by atoms with Crippen molar-refractivity contribution < 1.29 is 4.74 Å². The summed E-state index contributed by atoms with van der Waals surface area (Å²) in [5, 5.41) is 0.854. The van der Waals surface area contributed by atoms with E-state index in [4.69, 9.17) is 4.74 Å². The van der Waals surface area contributed by atoms with E-state index < -0.39 is 0 Å². The van der Waals surface area contributed by atoms with Crippen LogP contribution >= 0.6 is 0 Å². The second-order valence-electron chi connectivity index (χ2n) is 7.65. The summed E-state index contributed by atoms with van der Waals surface area (Å²) in [7, 11) is 1.61. The minimum Gasteiger partial charge on any atom is -0.496 e. The topological polar surface area (TPSA) is 66.1 Å². The number of nitrogens with zero attached hydrogens (tertiary/aromatic N) is 3. The van der Waals surface area contributed by atoms with Gasteiger partial charge < -0.3 is 13.9 Å². The Bertz CT molecular complexity index is 1550. The van der Waals surface area contributed by atoms with Gasteiger partial charge in [0.2, 0.25) is 0 Å². The molecular formula is C26H21N3O3. The summed E-state index contributed by atoms with van der Waals surface area (Å²) in [6.07, 6.45) is 3.48. The molecule has 0 bridgehead atoms. The lowest BCUT2D eigenvalue weighted by molar-refractivity contribution is 0.408. The molecule has 0 spiro atoms. The number of methoxy groups -OCH3 is 1. The molecule has 6 nitrogen and oxygen atoms in total. The van der Waals surface area contributed by atoms with E-state index in [1.807, 2.05) is 60.7 Å². The Morgan fingerprint density at radius 2 is 1.34 bits per heavy atom. The molecule has 0 aliphatic rings. The van der Waals surface area contributed by atoms with Gasteiger partial charge in [-0.05, 0) is 29.8 Å². The van der Waals surface area contributed by atoms with Gasteiger partial charge in [0, 0.05) is 18.0 Å². The molecule has 0 amide bonds. The van der Waals surface area contributed by atoms with Crippen molar-refractivity contribution in [3.63, 3.8) is 0 Å². The molecule has 0 saturated heterocycles. The fourth-order valence-corrected chi connectivity index (χ4v) is 3.95. The number of ether oxygens (including phenoxy) is 1. The predicted molar refractivity (Wildman–Crippen MR) is 125 cm³/mol. The number of benzene rings is 2. The minimum atomic E-state index is -0.194. The summed E-state index contributed by atoms with van der Waals surface area (Å²) < 4.78 is 8.66. The number of hydrogen-bond acceptors (Lipinski definition) is 4. The molecular weight excluding hydrogens is 402 g/mol. The quantitative estimate of drug-likeness (QED) is 0.403. The first-order valence-corrected chi connectivity index (χ1v) is 10.3. The van der Waals surface area contributed by atoms with E-state index in [-0.39, 0.29) is 11.1 Å². The highest BCUT2D eigenvalue weighted by Gasteiger charge is 2.11. The standard InChI is InChI=1S/C26H21N3O3/c1-32-24-10-6-5-9-19(24)17-29-14-12-23-21(26(29)31)15-20-22(27-23)11-13-28(25(20)30)16-18-7-3-2-4-8-18/h2-15H,16-17H2,1H3. The van der Waals surface area contributed by atoms with Gasteiger partial charge in [-0.1, -0.05) is 48.5 Å². The number of rotatable bonds is 5. The molecule has 0 fully saturated rings. The van der Waals surface area contributed by atoms with Gasteiger partial charge in [0.15, 0.2) is 0 Å². The van der Waals surface area contributed by atoms with Gasteiger partial charge in [0.1, 0.15) is 5.75 Å². The first kappa shape index (κ1) is 19.8.